The van der Waals surface area contributed by atoms with Crippen molar-refractivity contribution in [2.75, 3.05) is 19.7 Å². The Bertz CT molecular complexity index is 1760. The first-order valence-electron chi connectivity index (χ1n) is 13.8. The lowest BCUT2D eigenvalue weighted by atomic mass is 10.1. The quantitative estimate of drug-likeness (QED) is 0.157. The standard InChI is InChI=1S/C32H30N4O8S/c1-22-7-5-6-10-27(22)31(39)43-20-19-34-32(40)44-28-16-13-25(21-35-28)30(38)36-45(41,42)26-14-11-23(12-15-26)17-18-33-29(37)24-8-3-2-4-9-24/h2-16,21H,17-20H2,1H3,(H,33,37)(H,34,40)(H,36,38). The molecule has 0 radical (unpaired) electrons. The first kappa shape index (κ1) is 32.4. The fraction of sp³-hybridized carbons (Fsp3) is 0.156. The Hall–Kier alpha value is -5.56. The number of amides is 3. The molecule has 0 saturated carbocycles. The monoisotopic (exact) mass is 630 g/mol. The van der Waals surface area contributed by atoms with Crippen LogP contribution in [0.2, 0.25) is 0 Å². The van der Waals surface area contributed by atoms with Crippen LogP contribution in [0.5, 0.6) is 5.88 Å². The van der Waals surface area contributed by atoms with Gasteiger partial charge >= 0.3 is 12.1 Å². The lowest BCUT2D eigenvalue weighted by molar-refractivity contribution is 0.0506. The number of carbonyl (C=O) groups is 4. The van der Waals surface area contributed by atoms with Crippen LogP contribution in [-0.2, 0) is 21.2 Å². The van der Waals surface area contributed by atoms with Crippen LogP contribution >= 0.6 is 0 Å². The summed E-state index contributed by atoms with van der Waals surface area (Å²) in [6.07, 6.45) is 0.672. The first-order chi connectivity index (χ1) is 21.6. The van der Waals surface area contributed by atoms with Crippen LogP contribution in [0, 0.1) is 6.92 Å². The number of esters is 1. The number of carbonyl (C=O) groups excluding carboxylic acids is 4. The van der Waals surface area contributed by atoms with Crippen LogP contribution in [0.3, 0.4) is 0 Å². The zero-order valence-corrected chi connectivity index (χ0v) is 25.0. The minimum Gasteiger partial charge on any atom is -0.460 e. The topological polar surface area (TPSA) is 170 Å². The van der Waals surface area contributed by atoms with Crippen molar-refractivity contribution in [1.29, 1.82) is 0 Å². The van der Waals surface area contributed by atoms with Gasteiger partial charge in [-0.2, -0.15) is 0 Å². The van der Waals surface area contributed by atoms with Crippen molar-refractivity contribution >= 4 is 33.9 Å². The second-order valence-electron chi connectivity index (χ2n) is 9.60. The average molecular weight is 631 g/mol. The molecule has 13 heteroatoms. The van der Waals surface area contributed by atoms with Gasteiger partial charge in [-0.3, -0.25) is 9.59 Å². The van der Waals surface area contributed by atoms with Crippen molar-refractivity contribution in [1.82, 2.24) is 20.3 Å². The number of nitrogens with zero attached hydrogens (tertiary/aromatic N) is 1. The Morgan fingerprint density at radius 2 is 1.47 bits per heavy atom. The number of benzene rings is 3. The van der Waals surface area contributed by atoms with E-state index in [0.29, 0.717) is 24.1 Å². The zero-order valence-electron chi connectivity index (χ0n) is 24.2. The summed E-state index contributed by atoms with van der Waals surface area (Å²) >= 11 is 0. The number of ether oxygens (including phenoxy) is 2. The molecule has 0 aliphatic heterocycles. The van der Waals surface area contributed by atoms with Crippen LogP contribution in [0.15, 0.2) is 102 Å². The number of aryl methyl sites for hydroxylation is 1. The van der Waals surface area contributed by atoms with E-state index < -0.39 is 28.0 Å². The minimum absolute atomic E-state index is 0.0133. The number of aromatic nitrogens is 1. The summed E-state index contributed by atoms with van der Waals surface area (Å²) in [6.45, 7) is 2.04. The molecule has 0 spiro atoms. The SMILES string of the molecule is Cc1ccccc1C(=O)OCCNC(=O)Oc1ccc(C(=O)NS(=O)(=O)c2ccc(CCNC(=O)c3ccccc3)cc2)cn1. The van der Waals surface area contributed by atoms with Crippen molar-refractivity contribution in [2.24, 2.45) is 0 Å². The Kier molecular flexibility index (Phi) is 11.0. The predicted octanol–water partition coefficient (Wildman–Crippen LogP) is 3.43. The van der Waals surface area contributed by atoms with Gasteiger partial charge in [-0.25, -0.2) is 27.7 Å². The van der Waals surface area contributed by atoms with E-state index in [0.717, 1.165) is 17.3 Å². The van der Waals surface area contributed by atoms with Crippen molar-refractivity contribution in [3.63, 3.8) is 0 Å². The van der Waals surface area contributed by atoms with E-state index in [1.807, 2.05) is 10.8 Å². The molecule has 4 aromatic rings. The van der Waals surface area contributed by atoms with Gasteiger partial charge in [-0.1, -0.05) is 48.5 Å². The summed E-state index contributed by atoms with van der Waals surface area (Å²) in [4.78, 5) is 52.6. The molecule has 45 heavy (non-hydrogen) atoms. The molecule has 3 amide bonds. The smallest absolute Gasteiger partial charge is 0.414 e. The van der Waals surface area contributed by atoms with Gasteiger partial charge < -0.3 is 20.1 Å². The largest absolute Gasteiger partial charge is 0.460 e. The highest BCUT2D eigenvalue weighted by Crippen LogP contribution is 2.13. The third-order valence-corrected chi connectivity index (χ3v) is 7.71. The molecule has 232 valence electrons. The average Bonchev–Trinajstić information content (AvgIpc) is 3.04. The normalized spacial score (nSPS) is 10.8. The predicted molar refractivity (Wildman–Crippen MR) is 163 cm³/mol. The number of sulfonamides is 1. The summed E-state index contributed by atoms with van der Waals surface area (Å²) in [5.41, 5.74) is 2.45. The van der Waals surface area contributed by atoms with Crippen molar-refractivity contribution in [3.8, 4) is 5.88 Å². The highest BCUT2D eigenvalue weighted by atomic mass is 32.2. The molecule has 0 bridgehead atoms. The molecular formula is C32H30N4O8S. The molecule has 12 nitrogen and oxygen atoms in total. The van der Waals surface area contributed by atoms with Crippen molar-refractivity contribution < 1.29 is 37.1 Å². The lowest BCUT2D eigenvalue weighted by Gasteiger charge is -2.10. The second kappa shape index (κ2) is 15.3. The van der Waals surface area contributed by atoms with E-state index >= 15 is 0 Å². The number of rotatable bonds is 12. The molecule has 0 aliphatic carbocycles. The first-order valence-corrected chi connectivity index (χ1v) is 15.2. The number of hydrogen-bond donors (Lipinski definition) is 3. The van der Waals surface area contributed by atoms with Crippen molar-refractivity contribution in [3.05, 3.63) is 125 Å². The summed E-state index contributed by atoms with van der Waals surface area (Å²) in [5, 5.41) is 5.22. The van der Waals surface area contributed by atoms with E-state index in [-0.39, 0.29) is 35.4 Å². The van der Waals surface area contributed by atoms with Gasteiger partial charge in [0.15, 0.2) is 0 Å². The molecule has 3 aromatic carbocycles. The Morgan fingerprint density at radius 3 is 2.16 bits per heavy atom. The second-order valence-corrected chi connectivity index (χ2v) is 11.3. The van der Waals surface area contributed by atoms with Gasteiger partial charge in [-0.15, -0.1) is 0 Å². The summed E-state index contributed by atoms with van der Waals surface area (Å²) in [6, 6.07) is 24.1. The molecule has 0 atom stereocenters. The van der Waals surface area contributed by atoms with E-state index in [1.54, 1.807) is 67.6 Å². The molecule has 0 fully saturated rings. The van der Waals surface area contributed by atoms with Gasteiger partial charge in [0.2, 0.25) is 5.88 Å². The Labute approximate surface area is 259 Å². The molecule has 4 rings (SSSR count). The van der Waals surface area contributed by atoms with Crippen LogP contribution in [0.25, 0.3) is 0 Å². The maximum absolute atomic E-state index is 12.7. The summed E-state index contributed by atoms with van der Waals surface area (Å²) in [7, 11) is -4.19. The molecule has 3 N–H and O–H groups in total. The highest BCUT2D eigenvalue weighted by molar-refractivity contribution is 7.90. The Balaban J connectivity index is 1.20. The molecule has 0 unspecified atom stereocenters. The van der Waals surface area contributed by atoms with Gasteiger partial charge in [0.05, 0.1) is 22.6 Å². The zero-order chi connectivity index (χ0) is 32.2. The number of nitrogens with one attached hydrogen (secondary N) is 3. The van der Waals surface area contributed by atoms with Gasteiger partial charge in [0.25, 0.3) is 21.8 Å². The van der Waals surface area contributed by atoms with Crippen LogP contribution in [-0.4, -0.2) is 57.0 Å². The van der Waals surface area contributed by atoms with E-state index in [9.17, 15) is 27.6 Å². The van der Waals surface area contributed by atoms with Gasteiger partial charge in [0, 0.05) is 24.4 Å². The third kappa shape index (κ3) is 9.46. The fourth-order valence-electron chi connectivity index (χ4n) is 3.97. The summed E-state index contributed by atoms with van der Waals surface area (Å²) in [5.74, 6) is -1.79. The maximum atomic E-state index is 12.7. The minimum atomic E-state index is -4.19. The van der Waals surface area contributed by atoms with Crippen LogP contribution < -0.4 is 20.1 Å². The van der Waals surface area contributed by atoms with Gasteiger partial charge in [0.1, 0.15) is 6.61 Å². The van der Waals surface area contributed by atoms with Crippen LogP contribution in [0.4, 0.5) is 4.79 Å². The highest BCUT2D eigenvalue weighted by Gasteiger charge is 2.19. The van der Waals surface area contributed by atoms with Gasteiger partial charge in [-0.05, 0) is 60.9 Å². The van der Waals surface area contributed by atoms with E-state index in [4.69, 9.17) is 9.47 Å². The molecule has 0 saturated heterocycles. The van der Waals surface area contributed by atoms with E-state index in [2.05, 4.69) is 15.6 Å². The third-order valence-electron chi connectivity index (χ3n) is 6.36. The Morgan fingerprint density at radius 1 is 0.756 bits per heavy atom. The lowest BCUT2D eigenvalue weighted by Crippen LogP contribution is -2.31. The maximum Gasteiger partial charge on any atom is 0.414 e. The molecule has 1 aromatic heterocycles. The number of hydrogen-bond acceptors (Lipinski definition) is 9. The summed E-state index contributed by atoms with van der Waals surface area (Å²) < 4.78 is 37.6. The number of pyridine rings is 1. The molecule has 0 aliphatic rings. The van der Waals surface area contributed by atoms with Crippen LogP contribution in [0.1, 0.15) is 42.2 Å². The fourth-order valence-corrected chi connectivity index (χ4v) is 4.94. The van der Waals surface area contributed by atoms with E-state index in [1.165, 1.54) is 24.3 Å². The molecule has 1 heterocycles. The molecular weight excluding hydrogens is 600 g/mol. The van der Waals surface area contributed by atoms with Crippen molar-refractivity contribution in [2.45, 2.75) is 18.2 Å².